The van der Waals surface area contributed by atoms with Gasteiger partial charge in [-0.1, -0.05) is 0 Å². The van der Waals surface area contributed by atoms with Gasteiger partial charge in [0, 0.05) is 50.3 Å². The van der Waals surface area contributed by atoms with Crippen molar-refractivity contribution in [2.24, 2.45) is 13.0 Å². The summed E-state index contributed by atoms with van der Waals surface area (Å²) in [5.41, 5.74) is 3.83. The molecule has 0 spiro atoms. The third kappa shape index (κ3) is 3.54. The number of hydrogen-bond acceptors (Lipinski definition) is 4. The number of rotatable bonds is 6. The maximum Gasteiger partial charge on any atom is 0.0896 e. The SMILES string of the molecule is Cc1cnccc1CCNC[C@H]1CCO[C@@H]1c1cnn(C)c1. The maximum atomic E-state index is 5.90. The fourth-order valence-electron chi connectivity index (χ4n) is 3.09. The minimum Gasteiger partial charge on any atom is -0.373 e. The standard InChI is InChI=1S/C17H24N4O/c1-13-9-18-6-3-14(13)4-7-19-10-15-5-8-22-17(15)16-11-20-21(2)12-16/h3,6,9,11-12,15,17,19H,4-5,7-8,10H2,1-2H3/t15-,17+/m1/s1. The van der Waals surface area contributed by atoms with Gasteiger partial charge in [0.2, 0.25) is 0 Å². The molecule has 0 aliphatic carbocycles. The molecule has 1 aliphatic heterocycles. The molecule has 0 bridgehead atoms. The second-order valence-corrected chi connectivity index (χ2v) is 6.04. The molecule has 22 heavy (non-hydrogen) atoms. The maximum absolute atomic E-state index is 5.90. The highest BCUT2D eigenvalue weighted by Crippen LogP contribution is 2.33. The Kier molecular flexibility index (Phi) is 4.85. The third-order valence-electron chi connectivity index (χ3n) is 4.38. The summed E-state index contributed by atoms with van der Waals surface area (Å²) in [7, 11) is 1.95. The second kappa shape index (κ2) is 7.03. The first kappa shape index (κ1) is 15.2. The van der Waals surface area contributed by atoms with Crippen LogP contribution in [0.2, 0.25) is 0 Å². The van der Waals surface area contributed by atoms with E-state index in [1.165, 1.54) is 16.7 Å². The van der Waals surface area contributed by atoms with Crippen LogP contribution in [-0.2, 0) is 18.2 Å². The first-order chi connectivity index (χ1) is 10.7. The van der Waals surface area contributed by atoms with Crippen LogP contribution >= 0.6 is 0 Å². The van der Waals surface area contributed by atoms with Gasteiger partial charge < -0.3 is 10.1 Å². The molecule has 1 saturated heterocycles. The second-order valence-electron chi connectivity index (χ2n) is 6.04. The quantitative estimate of drug-likeness (QED) is 0.830. The van der Waals surface area contributed by atoms with Gasteiger partial charge in [-0.05, 0) is 43.5 Å². The van der Waals surface area contributed by atoms with E-state index in [9.17, 15) is 0 Å². The van der Waals surface area contributed by atoms with Crippen LogP contribution in [0.3, 0.4) is 0 Å². The number of aromatic nitrogens is 3. The Hall–Kier alpha value is -1.72. The van der Waals surface area contributed by atoms with Crippen molar-refractivity contribution in [2.75, 3.05) is 19.7 Å². The Bertz CT molecular complexity index is 610. The van der Waals surface area contributed by atoms with Crippen molar-refractivity contribution in [3.8, 4) is 0 Å². The van der Waals surface area contributed by atoms with Crippen LogP contribution in [0.4, 0.5) is 0 Å². The topological polar surface area (TPSA) is 52.0 Å². The van der Waals surface area contributed by atoms with Crippen molar-refractivity contribution >= 4 is 0 Å². The van der Waals surface area contributed by atoms with Gasteiger partial charge in [0.05, 0.1) is 12.3 Å². The molecule has 3 heterocycles. The molecule has 3 rings (SSSR count). The van der Waals surface area contributed by atoms with Gasteiger partial charge in [0.1, 0.15) is 0 Å². The predicted octanol–water partition coefficient (Wildman–Crippen LogP) is 2.03. The molecule has 1 N–H and O–H groups in total. The Balaban J connectivity index is 1.48. The molecule has 0 saturated carbocycles. The number of hydrogen-bond donors (Lipinski definition) is 1. The monoisotopic (exact) mass is 300 g/mol. The molecule has 1 fully saturated rings. The zero-order valence-corrected chi connectivity index (χ0v) is 13.3. The molecule has 0 radical (unpaired) electrons. The minimum atomic E-state index is 0.184. The molecular formula is C17H24N4O. The average Bonchev–Trinajstić information content (AvgIpc) is 3.14. The number of nitrogens with zero attached hydrogens (tertiary/aromatic N) is 3. The lowest BCUT2D eigenvalue weighted by Crippen LogP contribution is -2.26. The van der Waals surface area contributed by atoms with Crippen LogP contribution in [0.25, 0.3) is 0 Å². The average molecular weight is 300 g/mol. The summed E-state index contributed by atoms with van der Waals surface area (Å²) in [6, 6.07) is 2.11. The van der Waals surface area contributed by atoms with Crippen LogP contribution in [0.15, 0.2) is 30.9 Å². The molecule has 2 atom stereocenters. The summed E-state index contributed by atoms with van der Waals surface area (Å²) < 4.78 is 7.74. The summed E-state index contributed by atoms with van der Waals surface area (Å²) in [4.78, 5) is 4.14. The van der Waals surface area contributed by atoms with E-state index in [2.05, 4.69) is 34.6 Å². The molecular weight excluding hydrogens is 276 g/mol. The first-order valence-electron chi connectivity index (χ1n) is 7.94. The molecule has 5 nitrogen and oxygen atoms in total. The smallest absolute Gasteiger partial charge is 0.0896 e. The predicted molar refractivity (Wildman–Crippen MR) is 85.6 cm³/mol. The fourth-order valence-corrected chi connectivity index (χ4v) is 3.09. The highest BCUT2D eigenvalue weighted by atomic mass is 16.5. The number of pyridine rings is 1. The van der Waals surface area contributed by atoms with Crippen molar-refractivity contribution in [1.29, 1.82) is 0 Å². The van der Waals surface area contributed by atoms with Crippen molar-refractivity contribution in [3.63, 3.8) is 0 Å². The van der Waals surface area contributed by atoms with Crippen molar-refractivity contribution in [3.05, 3.63) is 47.5 Å². The van der Waals surface area contributed by atoms with Crippen molar-refractivity contribution in [1.82, 2.24) is 20.1 Å². The molecule has 0 amide bonds. The number of nitrogens with one attached hydrogen (secondary N) is 1. The van der Waals surface area contributed by atoms with Crippen LogP contribution in [0.5, 0.6) is 0 Å². The normalized spacial score (nSPS) is 21.4. The summed E-state index contributed by atoms with van der Waals surface area (Å²) in [6.45, 7) is 4.94. The van der Waals surface area contributed by atoms with Gasteiger partial charge in [-0.25, -0.2) is 0 Å². The van der Waals surface area contributed by atoms with E-state index >= 15 is 0 Å². The molecule has 2 aromatic heterocycles. The van der Waals surface area contributed by atoms with E-state index < -0.39 is 0 Å². The van der Waals surface area contributed by atoms with E-state index in [4.69, 9.17) is 4.74 Å². The van der Waals surface area contributed by atoms with Gasteiger partial charge >= 0.3 is 0 Å². The largest absolute Gasteiger partial charge is 0.373 e. The summed E-state index contributed by atoms with van der Waals surface area (Å²) >= 11 is 0. The van der Waals surface area contributed by atoms with E-state index in [0.29, 0.717) is 5.92 Å². The lowest BCUT2D eigenvalue weighted by molar-refractivity contribution is 0.0905. The molecule has 2 aromatic rings. The lowest BCUT2D eigenvalue weighted by Gasteiger charge is -2.18. The minimum absolute atomic E-state index is 0.184. The van der Waals surface area contributed by atoms with Crippen molar-refractivity contribution < 1.29 is 4.74 Å². The highest BCUT2D eigenvalue weighted by molar-refractivity contribution is 5.21. The van der Waals surface area contributed by atoms with Crippen LogP contribution < -0.4 is 5.32 Å². The highest BCUT2D eigenvalue weighted by Gasteiger charge is 2.30. The van der Waals surface area contributed by atoms with E-state index in [1.54, 1.807) is 0 Å². The van der Waals surface area contributed by atoms with Gasteiger partial charge in [0.25, 0.3) is 0 Å². The third-order valence-corrected chi connectivity index (χ3v) is 4.38. The van der Waals surface area contributed by atoms with E-state index in [1.807, 2.05) is 30.3 Å². The molecule has 118 valence electrons. The van der Waals surface area contributed by atoms with Gasteiger partial charge in [0.15, 0.2) is 0 Å². The molecule has 0 unspecified atom stereocenters. The Labute approximate surface area is 131 Å². The summed E-state index contributed by atoms with van der Waals surface area (Å²) in [5, 5.41) is 7.83. The Morgan fingerprint density at radius 2 is 2.32 bits per heavy atom. The zero-order chi connectivity index (χ0) is 15.4. The Morgan fingerprint density at radius 1 is 1.41 bits per heavy atom. The summed E-state index contributed by atoms with van der Waals surface area (Å²) in [6.07, 6.45) is 10.1. The first-order valence-corrected chi connectivity index (χ1v) is 7.94. The van der Waals surface area contributed by atoms with E-state index in [-0.39, 0.29) is 6.10 Å². The van der Waals surface area contributed by atoms with E-state index in [0.717, 1.165) is 32.5 Å². The molecule has 0 aromatic carbocycles. The molecule has 5 heteroatoms. The number of ether oxygens (including phenoxy) is 1. The number of aryl methyl sites for hydroxylation is 2. The zero-order valence-electron chi connectivity index (χ0n) is 13.3. The Morgan fingerprint density at radius 3 is 3.09 bits per heavy atom. The lowest BCUT2D eigenvalue weighted by atomic mass is 9.97. The van der Waals surface area contributed by atoms with Gasteiger partial charge in [-0.2, -0.15) is 5.10 Å². The van der Waals surface area contributed by atoms with Crippen LogP contribution in [0, 0.1) is 12.8 Å². The van der Waals surface area contributed by atoms with Gasteiger partial charge in [-0.3, -0.25) is 9.67 Å². The fraction of sp³-hybridized carbons (Fsp3) is 0.529. The van der Waals surface area contributed by atoms with Crippen LogP contribution in [-0.4, -0.2) is 34.5 Å². The van der Waals surface area contributed by atoms with Gasteiger partial charge in [-0.15, -0.1) is 0 Å². The van der Waals surface area contributed by atoms with Crippen molar-refractivity contribution in [2.45, 2.75) is 25.9 Å². The summed E-state index contributed by atoms with van der Waals surface area (Å²) in [5.74, 6) is 0.530. The van der Waals surface area contributed by atoms with Crippen LogP contribution in [0.1, 0.15) is 29.2 Å². The molecule has 1 aliphatic rings.